The molecule has 9 nitrogen and oxygen atoms in total. The Morgan fingerprint density at radius 1 is 0.800 bits per heavy atom. The minimum absolute atomic E-state index is 0.584. The third-order valence-corrected chi connectivity index (χ3v) is 8.61. The fourth-order valence-corrected chi connectivity index (χ4v) is 6.03. The summed E-state index contributed by atoms with van der Waals surface area (Å²) >= 11 is 3.27. The highest BCUT2D eigenvalue weighted by molar-refractivity contribution is 7.20. The molecule has 5 rings (SSSR count). The molecule has 2 aromatic carbocycles. The van der Waals surface area contributed by atoms with Crippen LogP contribution in [0.25, 0.3) is 0 Å². The van der Waals surface area contributed by atoms with E-state index in [-0.39, 0.29) is 0 Å². The molecule has 2 aromatic heterocycles. The third-order valence-electron chi connectivity index (χ3n) is 6.68. The largest absolute Gasteiger partial charge is 0.363 e. The Morgan fingerprint density at radius 2 is 1.57 bits per heavy atom. The number of aryl methyl sites for hydroxylation is 3. The summed E-state index contributed by atoms with van der Waals surface area (Å²) in [7, 11) is 0. The number of azo groups is 2. The van der Waals surface area contributed by atoms with Crippen molar-refractivity contribution in [1.29, 1.82) is 0 Å². The number of anilines is 3. The summed E-state index contributed by atoms with van der Waals surface area (Å²) in [4.78, 5) is 2.45. The summed E-state index contributed by atoms with van der Waals surface area (Å²) in [6.45, 7) is 8.53. The summed E-state index contributed by atoms with van der Waals surface area (Å²) in [5.74, 6) is 0. The van der Waals surface area contributed by atoms with E-state index in [9.17, 15) is 0 Å². The molecule has 0 saturated carbocycles. The van der Waals surface area contributed by atoms with E-state index < -0.39 is 0 Å². The van der Waals surface area contributed by atoms with Crippen LogP contribution in [0.15, 0.2) is 69.0 Å². The van der Waals surface area contributed by atoms with Gasteiger partial charge in [-0.05, 0) is 92.8 Å². The van der Waals surface area contributed by atoms with Gasteiger partial charge in [0, 0.05) is 19.5 Å². The molecule has 0 radical (unpaired) electrons. The Morgan fingerprint density at radius 3 is 2.35 bits per heavy atom. The zero-order chi connectivity index (χ0) is 27.7. The van der Waals surface area contributed by atoms with Gasteiger partial charge in [-0.15, -0.1) is 20.4 Å². The van der Waals surface area contributed by atoms with E-state index in [2.05, 4.69) is 71.5 Å². The Kier molecular flexibility index (Phi) is 9.46. The highest BCUT2D eigenvalue weighted by atomic mass is 32.1. The van der Waals surface area contributed by atoms with Gasteiger partial charge in [0.1, 0.15) is 10.0 Å². The molecular formula is C29H35N9S2. The highest BCUT2D eigenvalue weighted by Gasteiger charge is 2.14. The highest BCUT2D eigenvalue weighted by Crippen LogP contribution is 2.33. The zero-order valence-electron chi connectivity index (χ0n) is 23.2. The molecule has 1 saturated heterocycles. The number of benzene rings is 2. The summed E-state index contributed by atoms with van der Waals surface area (Å²) in [5.41, 5.74) is 12.0. The van der Waals surface area contributed by atoms with Gasteiger partial charge >= 0.3 is 0 Å². The van der Waals surface area contributed by atoms with E-state index in [1.807, 2.05) is 44.2 Å². The molecule has 40 heavy (non-hydrogen) atoms. The monoisotopic (exact) mass is 573 g/mol. The number of aromatic nitrogens is 2. The van der Waals surface area contributed by atoms with Crippen LogP contribution in [0.1, 0.15) is 55.2 Å². The van der Waals surface area contributed by atoms with Crippen LogP contribution in [-0.2, 0) is 6.42 Å². The molecule has 0 amide bonds. The molecule has 0 bridgehead atoms. The van der Waals surface area contributed by atoms with Crippen LogP contribution in [0.5, 0.6) is 0 Å². The van der Waals surface area contributed by atoms with Crippen molar-refractivity contribution in [1.82, 2.24) is 10.2 Å². The second-order valence-electron chi connectivity index (χ2n) is 9.89. The SMILES string of the molecule is CCCCCc1nnc(/N=N/c2ccc(/N=N/c3ccc(NNc4ccc(N5CCCC5)s4)cc3C)cc2C)s1. The van der Waals surface area contributed by atoms with E-state index in [1.54, 1.807) is 11.3 Å². The van der Waals surface area contributed by atoms with Crippen molar-refractivity contribution in [2.45, 2.75) is 59.3 Å². The predicted molar refractivity (Wildman–Crippen MR) is 167 cm³/mol. The van der Waals surface area contributed by atoms with Crippen molar-refractivity contribution in [2.75, 3.05) is 28.8 Å². The molecule has 0 spiro atoms. The van der Waals surface area contributed by atoms with E-state index in [4.69, 9.17) is 0 Å². The topological polar surface area (TPSA) is 103 Å². The van der Waals surface area contributed by atoms with Crippen molar-refractivity contribution in [2.24, 2.45) is 20.5 Å². The number of thiophene rings is 1. The van der Waals surface area contributed by atoms with Crippen LogP contribution >= 0.6 is 22.7 Å². The third kappa shape index (κ3) is 7.48. The molecule has 1 fully saturated rings. The first kappa shape index (κ1) is 27.9. The average Bonchev–Trinajstić information content (AvgIpc) is 3.73. The number of hydrazine groups is 1. The minimum atomic E-state index is 0.584. The fraction of sp³-hybridized carbons (Fsp3) is 0.379. The standard InChI is InChI=1S/C29H35N9S2/c1-4-5-6-9-26-35-37-29(40-26)36-33-25-13-10-22(18-21(25)3)30-32-24-12-11-23(19-20(24)2)31-34-27-14-15-28(39-27)38-16-7-8-17-38/h10-15,18-19,31,34H,4-9,16-17H2,1-3H3/b32-30+,36-33+. The van der Waals surface area contributed by atoms with Crippen molar-refractivity contribution in [3.05, 3.63) is 64.7 Å². The molecule has 1 aliphatic rings. The van der Waals surface area contributed by atoms with Crippen molar-refractivity contribution in [3.63, 3.8) is 0 Å². The first-order valence-corrected chi connectivity index (χ1v) is 15.4. The van der Waals surface area contributed by atoms with Gasteiger partial charge < -0.3 is 10.3 Å². The number of rotatable bonds is 12. The maximum atomic E-state index is 4.48. The second-order valence-corrected chi connectivity index (χ2v) is 12.0. The number of nitrogens with one attached hydrogen (secondary N) is 2. The number of nitrogens with zero attached hydrogens (tertiary/aromatic N) is 7. The van der Waals surface area contributed by atoms with Crippen molar-refractivity contribution >= 4 is 60.6 Å². The summed E-state index contributed by atoms with van der Waals surface area (Å²) < 4.78 is 0. The van der Waals surface area contributed by atoms with Gasteiger partial charge in [-0.2, -0.15) is 10.2 Å². The Labute approximate surface area is 243 Å². The molecule has 2 N–H and O–H groups in total. The normalized spacial score (nSPS) is 13.6. The summed E-state index contributed by atoms with van der Waals surface area (Å²) in [5, 5.41) is 30.0. The molecule has 208 valence electrons. The molecule has 0 aliphatic carbocycles. The molecule has 11 heteroatoms. The van der Waals surface area contributed by atoms with Crippen LogP contribution in [0.4, 0.5) is 37.9 Å². The van der Waals surface area contributed by atoms with Crippen LogP contribution in [0.3, 0.4) is 0 Å². The van der Waals surface area contributed by atoms with Crippen LogP contribution in [-0.4, -0.2) is 23.3 Å². The zero-order valence-corrected chi connectivity index (χ0v) is 24.9. The van der Waals surface area contributed by atoms with Crippen LogP contribution < -0.4 is 15.8 Å². The Hall–Kier alpha value is -3.70. The van der Waals surface area contributed by atoms with Crippen molar-refractivity contribution < 1.29 is 0 Å². The molecular weight excluding hydrogens is 539 g/mol. The van der Waals surface area contributed by atoms with E-state index in [0.717, 1.165) is 69.8 Å². The predicted octanol–water partition coefficient (Wildman–Crippen LogP) is 9.82. The van der Waals surface area contributed by atoms with Gasteiger partial charge in [-0.1, -0.05) is 42.4 Å². The molecule has 4 aromatic rings. The lowest BCUT2D eigenvalue weighted by Crippen LogP contribution is -2.15. The molecule has 3 heterocycles. The van der Waals surface area contributed by atoms with Gasteiger partial charge in [0.15, 0.2) is 0 Å². The van der Waals surface area contributed by atoms with Gasteiger partial charge in [0.25, 0.3) is 5.13 Å². The quantitative estimate of drug-likeness (QED) is 0.0997. The Balaban J connectivity index is 1.15. The van der Waals surface area contributed by atoms with E-state index >= 15 is 0 Å². The Bertz CT molecular complexity index is 1470. The first-order valence-electron chi connectivity index (χ1n) is 13.8. The lowest BCUT2D eigenvalue weighted by atomic mass is 10.2. The smallest absolute Gasteiger partial charge is 0.251 e. The molecule has 0 atom stereocenters. The van der Waals surface area contributed by atoms with E-state index in [1.165, 1.54) is 42.0 Å². The summed E-state index contributed by atoms with van der Waals surface area (Å²) in [6.07, 6.45) is 7.04. The van der Waals surface area contributed by atoms with Gasteiger partial charge in [-0.25, -0.2) is 0 Å². The van der Waals surface area contributed by atoms with Gasteiger partial charge in [0.2, 0.25) is 0 Å². The van der Waals surface area contributed by atoms with Crippen LogP contribution in [0.2, 0.25) is 0 Å². The fourth-order valence-electron chi connectivity index (χ4n) is 4.42. The first-order chi connectivity index (χ1) is 19.6. The van der Waals surface area contributed by atoms with Crippen molar-refractivity contribution in [3.8, 4) is 0 Å². The summed E-state index contributed by atoms with van der Waals surface area (Å²) in [6, 6.07) is 16.1. The number of hydrogen-bond acceptors (Lipinski definition) is 11. The maximum Gasteiger partial charge on any atom is 0.251 e. The molecule has 1 aliphatic heterocycles. The number of hydrogen-bond donors (Lipinski definition) is 2. The number of unbranched alkanes of at least 4 members (excludes halogenated alkanes) is 2. The maximum absolute atomic E-state index is 4.48. The van der Waals surface area contributed by atoms with Gasteiger partial charge in [-0.3, -0.25) is 5.43 Å². The van der Waals surface area contributed by atoms with E-state index in [0.29, 0.717) is 5.13 Å². The lowest BCUT2D eigenvalue weighted by Gasteiger charge is -2.14. The lowest BCUT2D eigenvalue weighted by molar-refractivity contribution is 0.710. The average molecular weight is 574 g/mol. The second kappa shape index (κ2) is 13.6. The minimum Gasteiger partial charge on any atom is -0.363 e. The van der Waals surface area contributed by atoms with Gasteiger partial charge in [0.05, 0.1) is 27.8 Å². The van der Waals surface area contributed by atoms with Crippen LogP contribution in [0, 0.1) is 13.8 Å². The molecule has 0 unspecified atom stereocenters.